The Bertz CT molecular complexity index is 277. The van der Waals surface area contributed by atoms with Gasteiger partial charge in [-0.2, -0.15) is 0 Å². The molecule has 6 heteroatoms. The molecule has 4 nitrogen and oxygen atoms in total. The molecule has 0 bridgehead atoms. The summed E-state index contributed by atoms with van der Waals surface area (Å²) in [6, 6.07) is 0. The highest BCUT2D eigenvalue weighted by Gasteiger charge is 2.10. The van der Waals surface area contributed by atoms with Crippen LogP contribution < -0.4 is 0 Å². The van der Waals surface area contributed by atoms with Gasteiger partial charge in [0.25, 0.3) is 9.05 Å². The van der Waals surface area contributed by atoms with E-state index in [1.54, 1.807) is 0 Å². The molecule has 50 valence electrons. The summed E-state index contributed by atoms with van der Waals surface area (Å²) in [4.78, 5) is 5.76. The number of rotatable bonds is 1. The SMILES string of the molecule is O=S(=O)(Cl)c1ncc[nH]1. The fourth-order valence-corrected chi connectivity index (χ4v) is 1.03. The molecule has 0 unspecified atom stereocenters. The molecular formula is C3H3ClN2O2S. The van der Waals surface area contributed by atoms with Crippen LogP contribution in [0.25, 0.3) is 0 Å². The number of nitrogens with one attached hydrogen (secondary N) is 1. The average molecular weight is 167 g/mol. The van der Waals surface area contributed by atoms with Crippen LogP contribution >= 0.6 is 10.7 Å². The number of nitrogens with zero attached hydrogens (tertiary/aromatic N) is 1. The molecule has 0 radical (unpaired) electrons. The van der Waals surface area contributed by atoms with E-state index in [1.807, 2.05) is 0 Å². The van der Waals surface area contributed by atoms with Crippen LogP contribution in [0.3, 0.4) is 0 Å². The van der Waals surface area contributed by atoms with Gasteiger partial charge >= 0.3 is 0 Å². The van der Waals surface area contributed by atoms with E-state index in [2.05, 4.69) is 9.97 Å². The number of hydrogen-bond acceptors (Lipinski definition) is 3. The van der Waals surface area contributed by atoms with Crippen molar-refractivity contribution in [3.63, 3.8) is 0 Å². The maximum Gasteiger partial charge on any atom is 0.294 e. The maximum atomic E-state index is 10.4. The highest BCUT2D eigenvalue weighted by molar-refractivity contribution is 8.13. The molecule has 0 saturated carbocycles. The van der Waals surface area contributed by atoms with Crippen molar-refractivity contribution in [3.05, 3.63) is 12.4 Å². The van der Waals surface area contributed by atoms with Crippen molar-refractivity contribution in [3.8, 4) is 0 Å². The van der Waals surface area contributed by atoms with E-state index in [9.17, 15) is 8.42 Å². The number of aromatic amines is 1. The molecule has 1 heterocycles. The molecule has 1 rings (SSSR count). The van der Waals surface area contributed by atoms with E-state index in [1.165, 1.54) is 12.4 Å². The van der Waals surface area contributed by atoms with Crippen LogP contribution in [0.4, 0.5) is 0 Å². The number of halogens is 1. The second-order valence-electron chi connectivity index (χ2n) is 1.33. The first-order valence-corrected chi connectivity index (χ1v) is 4.35. The van der Waals surface area contributed by atoms with Crippen LogP contribution in [0, 0.1) is 0 Å². The standard InChI is InChI=1S/C3H3ClN2O2S/c4-9(7,8)3-5-1-2-6-3/h1-2H,(H,5,6). The quantitative estimate of drug-likeness (QED) is 0.612. The van der Waals surface area contributed by atoms with Crippen LogP contribution in [-0.4, -0.2) is 18.4 Å². The molecule has 1 aromatic rings. The van der Waals surface area contributed by atoms with E-state index in [-0.39, 0.29) is 5.16 Å². The first kappa shape index (κ1) is 6.57. The predicted molar refractivity (Wildman–Crippen MR) is 31.6 cm³/mol. The van der Waals surface area contributed by atoms with E-state index in [0.717, 1.165) is 0 Å². The molecule has 0 fully saturated rings. The van der Waals surface area contributed by atoms with Gasteiger partial charge in [-0.25, -0.2) is 13.4 Å². The Morgan fingerprint density at radius 2 is 2.33 bits per heavy atom. The average Bonchev–Trinajstić information content (AvgIpc) is 2.08. The van der Waals surface area contributed by atoms with Gasteiger partial charge in [-0.3, -0.25) is 0 Å². The first-order chi connectivity index (χ1) is 4.11. The minimum absolute atomic E-state index is 0.218. The van der Waals surface area contributed by atoms with Crippen molar-refractivity contribution >= 4 is 19.7 Å². The van der Waals surface area contributed by atoms with Crippen molar-refractivity contribution < 1.29 is 8.42 Å². The zero-order valence-corrected chi connectivity index (χ0v) is 5.78. The van der Waals surface area contributed by atoms with Crippen LogP contribution in [0.15, 0.2) is 17.6 Å². The third-order valence-corrected chi connectivity index (χ3v) is 1.83. The lowest BCUT2D eigenvalue weighted by Gasteiger charge is -1.83. The minimum Gasteiger partial charge on any atom is -0.334 e. The Kier molecular flexibility index (Phi) is 1.46. The smallest absolute Gasteiger partial charge is 0.294 e. The Morgan fingerprint density at radius 3 is 2.56 bits per heavy atom. The maximum absolute atomic E-state index is 10.4. The van der Waals surface area contributed by atoms with Gasteiger partial charge in [0.2, 0.25) is 5.16 Å². The van der Waals surface area contributed by atoms with Gasteiger partial charge in [-0.15, -0.1) is 0 Å². The van der Waals surface area contributed by atoms with Crippen molar-refractivity contribution in [2.24, 2.45) is 0 Å². The molecule has 0 aliphatic carbocycles. The summed E-state index contributed by atoms with van der Waals surface area (Å²) >= 11 is 0. The third-order valence-electron chi connectivity index (χ3n) is 0.704. The summed E-state index contributed by atoms with van der Waals surface area (Å²) in [6.45, 7) is 0. The van der Waals surface area contributed by atoms with E-state index < -0.39 is 9.05 Å². The zero-order valence-electron chi connectivity index (χ0n) is 4.20. The predicted octanol–water partition coefficient (Wildman–Crippen LogP) is 0.337. The minimum atomic E-state index is -3.65. The summed E-state index contributed by atoms with van der Waals surface area (Å²) in [5.41, 5.74) is 0. The lowest BCUT2D eigenvalue weighted by Crippen LogP contribution is -1.91. The summed E-state index contributed by atoms with van der Waals surface area (Å²) < 4.78 is 20.7. The van der Waals surface area contributed by atoms with Crippen LogP contribution in [0.5, 0.6) is 0 Å². The molecule has 1 aromatic heterocycles. The van der Waals surface area contributed by atoms with Crippen molar-refractivity contribution in [1.29, 1.82) is 0 Å². The van der Waals surface area contributed by atoms with Crippen molar-refractivity contribution in [1.82, 2.24) is 9.97 Å². The topological polar surface area (TPSA) is 62.8 Å². The molecular weight excluding hydrogens is 164 g/mol. The molecule has 9 heavy (non-hydrogen) atoms. The van der Waals surface area contributed by atoms with Gasteiger partial charge in [-0.1, -0.05) is 0 Å². The number of H-pyrrole nitrogens is 1. The Balaban J connectivity index is 3.20. The van der Waals surface area contributed by atoms with Gasteiger partial charge in [-0.05, 0) is 0 Å². The van der Waals surface area contributed by atoms with E-state index in [4.69, 9.17) is 10.7 Å². The summed E-state index contributed by atoms with van der Waals surface area (Å²) in [5.74, 6) is 0. The van der Waals surface area contributed by atoms with Crippen molar-refractivity contribution in [2.75, 3.05) is 0 Å². The first-order valence-electron chi connectivity index (χ1n) is 2.05. The molecule has 0 atom stereocenters. The van der Waals surface area contributed by atoms with Gasteiger partial charge in [0.1, 0.15) is 0 Å². The normalized spacial score (nSPS) is 11.7. The third kappa shape index (κ3) is 1.43. The zero-order chi connectivity index (χ0) is 6.91. The molecule has 0 amide bonds. The molecule has 0 aliphatic rings. The molecule has 0 aromatic carbocycles. The Labute approximate surface area is 56.3 Å². The van der Waals surface area contributed by atoms with Gasteiger partial charge in [0.05, 0.1) is 0 Å². The summed E-state index contributed by atoms with van der Waals surface area (Å²) in [5, 5.41) is -0.218. The molecule has 0 aliphatic heterocycles. The van der Waals surface area contributed by atoms with Crippen molar-refractivity contribution in [2.45, 2.75) is 5.16 Å². The van der Waals surface area contributed by atoms with Gasteiger partial charge in [0, 0.05) is 23.1 Å². The van der Waals surface area contributed by atoms with E-state index >= 15 is 0 Å². The lowest BCUT2D eigenvalue weighted by atomic mass is 11.0. The van der Waals surface area contributed by atoms with Crippen LogP contribution in [0.2, 0.25) is 0 Å². The second kappa shape index (κ2) is 2.00. The summed E-state index contributed by atoms with van der Waals surface area (Å²) in [7, 11) is 1.22. The fourth-order valence-electron chi connectivity index (χ4n) is 0.384. The van der Waals surface area contributed by atoms with Crippen LogP contribution in [-0.2, 0) is 9.05 Å². The van der Waals surface area contributed by atoms with Gasteiger partial charge in [0.15, 0.2) is 0 Å². The number of aromatic nitrogens is 2. The number of hydrogen-bond donors (Lipinski definition) is 1. The highest BCUT2D eigenvalue weighted by atomic mass is 35.7. The van der Waals surface area contributed by atoms with Gasteiger partial charge < -0.3 is 4.98 Å². The Morgan fingerprint density at radius 1 is 1.67 bits per heavy atom. The second-order valence-corrected chi connectivity index (χ2v) is 3.81. The Hall–Kier alpha value is -0.550. The lowest BCUT2D eigenvalue weighted by molar-refractivity contribution is 0.603. The summed E-state index contributed by atoms with van der Waals surface area (Å²) in [6.07, 6.45) is 2.70. The van der Waals surface area contributed by atoms with Crippen LogP contribution in [0.1, 0.15) is 0 Å². The van der Waals surface area contributed by atoms with E-state index in [0.29, 0.717) is 0 Å². The highest BCUT2D eigenvalue weighted by Crippen LogP contribution is 2.06. The monoisotopic (exact) mass is 166 g/mol. The number of imidazole rings is 1. The molecule has 1 N–H and O–H groups in total. The molecule has 0 spiro atoms. The largest absolute Gasteiger partial charge is 0.334 e. The fraction of sp³-hybridized carbons (Fsp3) is 0. The molecule has 0 saturated heterocycles.